The summed E-state index contributed by atoms with van der Waals surface area (Å²) in [7, 11) is -2.21. The van der Waals surface area contributed by atoms with Gasteiger partial charge in [0.05, 0.1) is 0 Å². The zero-order valence-electron chi connectivity index (χ0n) is 16.8. The van der Waals surface area contributed by atoms with E-state index in [-0.39, 0.29) is 5.22 Å². The van der Waals surface area contributed by atoms with Crippen molar-refractivity contribution in [3.8, 4) is 0 Å². The van der Waals surface area contributed by atoms with E-state index in [1.54, 1.807) is 0 Å². The van der Waals surface area contributed by atoms with Gasteiger partial charge in [-0.2, -0.15) is 0 Å². The number of ether oxygens (including phenoxy) is 1. The molecule has 0 spiro atoms. The van der Waals surface area contributed by atoms with E-state index in [4.69, 9.17) is 13.6 Å². The summed E-state index contributed by atoms with van der Waals surface area (Å²) in [6.07, 6.45) is 10.0. The van der Waals surface area contributed by atoms with Crippen LogP contribution in [0.5, 0.6) is 0 Å². The van der Waals surface area contributed by atoms with Crippen LogP contribution < -0.4 is 0 Å². The van der Waals surface area contributed by atoms with E-state index in [0.717, 1.165) is 38.7 Å². The molecule has 0 bridgehead atoms. The first-order valence-corrected chi connectivity index (χ1v) is 13.2. The van der Waals surface area contributed by atoms with Crippen molar-refractivity contribution in [1.82, 2.24) is 0 Å². The van der Waals surface area contributed by atoms with E-state index in [0.29, 0.717) is 0 Å². The van der Waals surface area contributed by atoms with E-state index in [9.17, 15) is 0 Å². The van der Waals surface area contributed by atoms with E-state index in [1.807, 2.05) is 0 Å². The highest BCUT2D eigenvalue weighted by Crippen LogP contribution is 2.42. The van der Waals surface area contributed by atoms with Gasteiger partial charge in [0.15, 0.2) is 0 Å². The van der Waals surface area contributed by atoms with Gasteiger partial charge >= 0.3 is 8.56 Å². The van der Waals surface area contributed by atoms with Crippen LogP contribution in [0, 0.1) is 0 Å². The third-order valence-corrected chi connectivity index (χ3v) is 9.98. The Labute approximate surface area is 160 Å². The monoisotopic (exact) mass is 424 g/mol. The van der Waals surface area contributed by atoms with E-state index in [2.05, 4.69) is 50.5 Å². The predicted molar refractivity (Wildman–Crippen MR) is 110 cm³/mol. The lowest BCUT2D eigenvalue weighted by molar-refractivity contribution is -0.0426. The summed E-state index contributed by atoms with van der Waals surface area (Å²) in [6.45, 7) is 12.9. The molecule has 0 amide bonds. The Hall–Kier alpha value is 0.577. The summed E-state index contributed by atoms with van der Waals surface area (Å²) in [6, 6.07) is 1.09. The van der Waals surface area contributed by atoms with Crippen LogP contribution >= 0.6 is 15.9 Å². The maximum absolute atomic E-state index is 6.16. The van der Waals surface area contributed by atoms with Crippen molar-refractivity contribution in [1.29, 1.82) is 0 Å². The highest BCUT2D eigenvalue weighted by Gasteiger charge is 2.58. The number of rotatable bonds is 11. The van der Waals surface area contributed by atoms with Crippen molar-refractivity contribution in [3.05, 3.63) is 0 Å². The van der Waals surface area contributed by atoms with Crippen molar-refractivity contribution in [2.24, 2.45) is 0 Å². The van der Waals surface area contributed by atoms with Crippen LogP contribution in [0.1, 0.15) is 86.0 Å². The van der Waals surface area contributed by atoms with E-state index < -0.39 is 8.56 Å². The summed E-state index contributed by atoms with van der Waals surface area (Å²) in [5, 5.41) is 1.05. The fraction of sp³-hybridized carbons (Fsp3) is 1.00. The molecule has 1 aliphatic heterocycles. The zero-order chi connectivity index (χ0) is 18.3. The lowest BCUT2D eigenvalue weighted by atomic mass is 10.1. The van der Waals surface area contributed by atoms with Crippen LogP contribution in [-0.4, -0.2) is 38.9 Å². The van der Waals surface area contributed by atoms with Gasteiger partial charge in [0.2, 0.25) is 0 Å². The molecule has 1 atom stereocenters. The van der Waals surface area contributed by atoms with Crippen LogP contribution in [0.2, 0.25) is 6.04 Å². The number of hydrogen-bond acceptors (Lipinski definition) is 3. The molecule has 1 aliphatic rings. The fourth-order valence-electron chi connectivity index (χ4n) is 3.63. The van der Waals surface area contributed by atoms with Crippen molar-refractivity contribution < 1.29 is 13.6 Å². The van der Waals surface area contributed by atoms with Gasteiger partial charge in [0.25, 0.3) is 0 Å². The Kier molecular flexibility index (Phi) is 15.1. The molecule has 1 unspecified atom stereocenters. The Balaban J connectivity index is 0.000000640. The van der Waals surface area contributed by atoms with Gasteiger partial charge in [-0.05, 0) is 46.1 Å². The SMILES string of the molecule is CCCCCCBr.CCOC1(CC)CCCC[Si]1(OCC)OCC. The van der Waals surface area contributed by atoms with Gasteiger partial charge in [-0.15, -0.1) is 0 Å². The third kappa shape index (κ3) is 7.44. The fourth-order valence-corrected chi connectivity index (χ4v) is 8.49. The molecule has 24 heavy (non-hydrogen) atoms. The number of unbranched alkanes of at least 4 members (excludes halogenated alkanes) is 3. The van der Waals surface area contributed by atoms with E-state index >= 15 is 0 Å². The minimum Gasteiger partial charge on any atom is -0.393 e. The highest BCUT2D eigenvalue weighted by molar-refractivity contribution is 9.09. The topological polar surface area (TPSA) is 27.7 Å². The van der Waals surface area contributed by atoms with Gasteiger partial charge in [-0.3, -0.25) is 0 Å². The van der Waals surface area contributed by atoms with Gasteiger partial charge in [0.1, 0.15) is 5.22 Å². The molecule has 1 fully saturated rings. The van der Waals surface area contributed by atoms with Crippen LogP contribution in [0.15, 0.2) is 0 Å². The minimum atomic E-state index is -2.21. The van der Waals surface area contributed by atoms with Crippen LogP contribution in [0.25, 0.3) is 0 Å². The quantitative estimate of drug-likeness (QED) is 0.219. The molecule has 0 aromatic rings. The summed E-state index contributed by atoms with van der Waals surface area (Å²) >= 11 is 3.38. The van der Waals surface area contributed by atoms with Crippen molar-refractivity contribution in [3.63, 3.8) is 0 Å². The van der Waals surface area contributed by atoms with Crippen molar-refractivity contribution >= 4 is 24.5 Å². The first-order chi connectivity index (χ1) is 11.6. The summed E-state index contributed by atoms with van der Waals surface area (Å²) in [5.41, 5.74) is 0. The largest absolute Gasteiger partial charge is 0.393 e. The molecule has 0 saturated carbocycles. The lowest BCUT2D eigenvalue weighted by Crippen LogP contribution is -2.65. The number of hydrogen-bond donors (Lipinski definition) is 0. The molecule has 1 saturated heterocycles. The van der Waals surface area contributed by atoms with Crippen LogP contribution in [0.4, 0.5) is 0 Å². The summed E-state index contributed by atoms with van der Waals surface area (Å²) in [5.74, 6) is 0. The molecule has 1 rings (SSSR count). The lowest BCUT2D eigenvalue weighted by Gasteiger charge is -2.49. The smallest absolute Gasteiger partial charge is 0.371 e. The first-order valence-electron chi connectivity index (χ1n) is 10.1. The molecule has 0 aromatic carbocycles. The van der Waals surface area contributed by atoms with Gasteiger partial charge in [0, 0.05) is 25.2 Å². The maximum atomic E-state index is 6.16. The summed E-state index contributed by atoms with van der Waals surface area (Å²) in [4.78, 5) is 0. The number of halogens is 1. The molecule has 3 nitrogen and oxygen atoms in total. The molecular formula is C19H41BrO3Si. The Morgan fingerprint density at radius 2 is 1.54 bits per heavy atom. The van der Waals surface area contributed by atoms with Gasteiger partial charge in [-0.1, -0.05) is 61.9 Å². The average molecular weight is 426 g/mol. The molecular weight excluding hydrogens is 384 g/mol. The molecule has 0 aromatic heterocycles. The second-order valence-electron chi connectivity index (χ2n) is 6.36. The van der Waals surface area contributed by atoms with Crippen molar-refractivity contribution in [2.75, 3.05) is 25.2 Å². The second-order valence-corrected chi connectivity index (χ2v) is 10.6. The van der Waals surface area contributed by atoms with Gasteiger partial charge in [-0.25, -0.2) is 0 Å². The average Bonchev–Trinajstić information content (AvgIpc) is 2.59. The van der Waals surface area contributed by atoms with Crippen molar-refractivity contribution in [2.45, 2.75) is 97.3 Å². The highest BCUT2D eigenvalue weighted by atomic mass is 79.9. The molecule has 146 valence electrons. The van der Waals surface area contributed by atoms with Crippen LogP contribution in [0.3, 0.4) is 0 Å². The zero-order valence-corrected chi connectivity index (χ0v) is 19.4. The minimum absolute atomic E-state index is 0.119. The van der Waals surface area contributed by atoms with Crippen LogP contribution in [-0.2, 0) is 13.6 Å². The predicted octanol–water partition coefficient (Wildman–Crippen LogP) is 6.37. The first kappa shape index (κ1) is 24.6. The Morgan fingerprint density at radius 3 is 2.00 bits per heavy atom. The maximum Gasteiger partial charge on any atom is 0.371 e. The molecule has 0 N–H and O–H groups in total. The molecule has 5 heteroatoms. The van der Waals surface area contributed by atoms with Gasteiger partial charge < -0.3 is 13.6 Å². The Bertz CT molecular complexity index is 272. The normalized spacial score (nSPS) is 22.8. The standard InChI is InChI=1S/C13H28O3Si.C6H13Br/c1-5-13(14-6-2)11-9-10-12-17(13,15-7-3)16-8-4;1-2-3-4-5-6-7/h5-12H2,1-4H3;2-6H2,1H3. The molecule has 0 aliphatic carbocycles. The molecule has 0 radical (unpaired) electrons. The summed E-state index contributed by atoms with van der Waals surface area (Å²) < 4.78 is 18.5. The second kappa shape index (κ2) is 14.7. The Morgan fingerprint density at radius 1 is 0.875 bits per heavy atom. The van der Waals surface area contributed by atoms with E-state index in [1.165, 1.54) is 43.9 Å². The third-order valence-electron chi connectivity index (χ3n) is 4.76. The number of alkyl halides is 1. The molecule has 1 heterocycles.